The molecule has 0 spiro atoms. The van der Waals surface area contributed by atoms with Gasteiger partial charge >= 0.3 is 0 Å². The molecule has 1 fully saturated rings. The Morgan fingerprint density at radius 2 is 1.79 bits per heavy atom. The summed E-state index contributed by atoms with van der Waals surface area (Å²) in [7, 11) is 0. The molecule has 2 heterocycles. The van der Waals surface area contributed by atoms with Gasteiger partial charge in [-0.3, -0.25) is 19.2 Å². The third kappa shape index (κ3) is 6.56. The molecule has 7 nitrogen and oxygen atoms in total. The molecule has 2 amide bonds. The number of ketones is 2. The molecule has 204 valence electrons. The van der Waals surface area contributed by atoms with Gasteiger partial charge in [-0.1, -0.05) is 53.7 Å². The highest BCUT2D eigenvalue weighted by Gasteiger charge is 2.30. The van der Waals surface area contributed by atoms with Gasteiger partial charge in [-0.15, -0.1) is 0 Å². The van der Waals surface area contributed by atoms with Crippen LogP contribution in [0, 0.1) is 6.92 Å². The van der Waals surface area contributed by atoms with E-state index in [1.54, 1.807) is 4.90 Å². The normalized spacial score (nSPS) is 13.3. The van der Waals surface area contributed by atoms with E-state index in [0.29, 0.717) is 37.9 Å². The third-order valence-corrected chi connectivity index (χ3v) is 7.84. The van der Waals surface area contributed by atoms with Gasteiger partial charge < -0.3 is 14.8 Å². The second kappa shape index (κ2) is 12.6. The minimum absolute atomic E-state index is 0.0333. The molecule has 39 heavy (non-hydrogen) atoms. The summed E-state index contributed by atoms with van der Waals surface area (Å²) in [6.07, 6.45) is 3.63. The summed E-state index contributed by atoms with van der Waals surface area (Å²) in [6, 6.07) is 13.6. The molecule has 0 aliphatic carbocycles. The molecular formula is C31H34BrN3O4. The smallest absolute Gasteiger partial charge is 0.246 e. The first-order valence-corrected chi connectivity index (χ1v) is 14.1. The monoisotopic (exact) mass is 591 g/mol. The lowest BCUT2D eigenvalue weighted by Crippen LogP contribution is -2.61. The number of Topliss-reactive ketones (excluding diaryl/α,β-unsaturated/α-hetero) is 2. The lowest BCUT2D eigenvalue weighted by atomic mass is 9.97. The van der Waals surface area contributed by atoms with Crippen LogP contribution in [0.5, 0.6) is 0 Å². The predicted octanol–water partition coefficient (Wildman–Crippen LogP) is 4.95. The Morgan fingerprint density at radius 3 is 2.49 bits per heavy atom. The number of aryl methyl sites for hydroxylation is 1. The zero-order valence-electron chi connectivity index (χ0n) is 22.5. The number of hydrogen-bond acceptors (Lipinski definition) is 4. The first-order valence-electron chi connectivity index (χ1n) is 13.3. The number of halogens is 1. The highest BCUT2D eigenvalue weighted by Crippen LogP contribution is 2.30. The van der Waals surface area contributed by atoms with Crippen molar-refractivity contribution >= 4 is 50.2 Å². The molecule has 1 aliphatic rings. The molecular weight excluding hydrogens is 558 g/mol. The van der Waals surface area contributed by atoms with E-state index in [0.717, 1.165) is 33.1 Å². The maximum absolute atomic E-state index is 13.4. The summed E-state index contributed by atoms with van der Waals surface area (Å²) in [5.41, 5.74) is 4.36. The first-order chi connectivity index (χ1) is 18.7. The molecule has 3 aromatic rings. The summed E-state index contributed by atoms with van der Waals surface area (Å²) in [5, 5.41) is 3.76. The first kappa shape index (κ1) is 28.5. The van der Waals surface area contributed by atoms with Crippen LogP contribution in [0.3, 0.4) is 0 Å². The topological polar surface area (TPSA) is 88.5 Å². The van der Waals surface area contributed by atoms with Gasteiger partial charge in [0.25, 0.3) is 0 Å². The lowest BCUT2D eigenvalue weighted by molar-refractivity contribution is -0.133. The van der Waals surface area contributed by atoms with E-state index in [1.165, 1.54) is 11.6 Å². The Hall–Kier alpha value is -3.52. The number of carbonyl (C=O) groups is 4. The average Bonchev–Trinajstić information content (AvgIpc) is 3.15. The summed E-state index contributed by atoms with van der Waals surface area (Å²) < 4.78 is 2.71. The van der Waals surface area contributed by atoms with Gasteiger partial charge in [0.15, 0.2) is 5.78 Å². The number of amides is 2. The number of benzene rings is 2. The van der Waals surface area contributed by atoms with Gasteiger partial charge in [0.05, 0.1) is 6.04 Å². The molecule has 1 aliphatic heterocycles. The summed E-state index contributed by atoms with van der Waals surface area (Å²) in [4.78, 5) is 52.2. The minimum atomic E-state index is -0.175. The number of nitrogens with zero attached hydrogens (tertiary/aromatic N) is 2. The molecule has 0 atom stereocenters. The Morgan fingerprint density at radius 1 is 1.08 bits per heavy atom. The molecule has 0 unspecified atom stereocenters. The van der Waals surface area contributed by atoms with Gasteiger partial charge in [-0.25, -0.2) is 0 Å². The van der Waals surface area contributed by atoms with Crippen LogP contribution >= 0.6 is 15.9 Å². The Bertz CT molecular complexity index is 1440. The Balaban J connectivity index is 1.41. The maximum Gasteiger partial charge on any atom is 0.246 e. The highest BCUT2D eigenvalue weighted by molar-refractivity contribution is 9.10. The van der Waals surface area contributed by atoms with Crippen LogP contribution in [-0.4, -0.2) is 52.0 Å². The second-order valence-corrected chi connectivity index (χ2v) is 10.9. The van der Waals surface area contributed by atoms with Crippen LogP contribution in [0.1, 0.15) is 53.4 Å². The number of fused-ring (bicyclic) bond motifs is 1. The molecule has 0 saturated carbocycles. The van der Waals surface area contributed by atoms with Crippen molar-refractivity contribution in [3.63, 3.8) is 0 Å². The predicted molar refractivity (Wildman–Crippen MR) is 156 cm³/mol. The number of nitrogens with one attached hydrogen (secondary N) is 1. The molecule has 1 aromatic heterocycles. The Kier molecular flexibility index (Phi) is 9.17. The average molecular weight is 593 g/mol. The van der Waals surface area contributed by atoms with E-state index in [4.69, 9.17) is 0 Å². The fourth-order valence-corrected chi connectivity index (χ4v) is 5.61. The van der Waals surface area contributed by atoms with E-state index in [2.05, 4.69) is 34.7 Å². The highest BCUT2D eigenvalue weighted by atomic mass is 79.9. The van der Waals surface area contributed by atoms with Gasteiger partial charge in [-0.05, 0) is 55.2 Å². The summed E-state index contributed by atoms with van der Waals surface area (Å²) in [6.45, 7) is 8.41. The van der Waals surface area contributed by atoms with E-state index < -0.39 is 0 Å². The fraction of sp³-hybridized carbons (Fsp3) is 0.355. The Labute approximate surface area is 237 Å². The van der Waals surface area contributed by atoms with Crippen molar-refractivity contribution in [3.05, 3.63) is 82.0 Å². The van der Waals surface area contributed by atoms with Crippen molar-refractivity contribution in [2.75, 3.05) is 13.1 Å². The SMILES string of the molecule is C=CC(=O)N1CC(NC(=O)Cn2c(C)c(C(=O)CCCC(=O)Cc3ccccc3CC)c3cc(Br)ccc32)C1. The number of rotatable bonds is 12. The molecule has 1 N–H and O–H groups in total. The van der Waals surface area contributed by atoms with Crippen molar-refractivity contribution in [1.29, 1.82) is 0 Å². The number of aromatic nitrogens is 1. The molecule has 8 heteroatoms. The summed E-state index contributed by atoms with van der Waals surface area (Å²) in [5.74, 6) is -0.222. The quantitative estimate of drug-likeness (QED) is 0.238. The van der Waals surface area contributed by atoms with E-state index in [-0.39, 0.29) is 42.4 Å². The van der Waals surface area contributed by atoms with Crippen molar-refractivity contribution < 1.29 is 19.2 Å². The standard InChI is InChI=1S/C31H34BrN3O4/c1-4-21-9-6-7-10-22(21)15-25(36)11-8-12-28(37)31-20(3)35(27-14-13-23(32)16-26(27)31)19-29(38)33-24-17-34(18-24)30(39)5-2/h5-7,9-10,13-14,16,24H,2,4,8,11-12,15,17-19H2,1,3H3,(H,33,38). The van der Waals surface area contributed by atoms with Crippen molar-refractivity contribution in [2.45, 2.75) is 58.5 Å². The number of likely N-dealkylation sites (tertiary alicyclic amines) is 1. The van der Waals surface area contributed by atoms with Crippen molar-refractivity contribution in [1.82, 2.24) is 14.8 Å². The van der Waals surface area contributed by atoms with E-state index in [1.807, 2.05) is 54.0 Å². The van der Waals surface area contributed by atoms with Crippen LogP contribution in [0.2, 0.25) is 0 Å². The van der Waals surface area contributed by atoms with Crippen molar-refractivity contribution in [2.24, 2.45) is 0 Å². The zero-order valence-corrected chi connectivity index (χ0v) is 24.1. The second-order valence-electron chi connectivity index (χ2n) is 10.0. The van der Waals surface area contributed by atoms with Gasteiger partial charge in [0, 0.05) is 59.0 Å². The number of carbonyl (C=O) groups excluding carboxylic acids is 4. The summed E-state index contributed by atoms with van der Waals surface area (Å²) >= 11 is 3.50. The van der Waals surface area contributed by atoms with Gasteiger partial charge in [-0.2, -0.15) is 0 Å². The van der Waals surface area contributed by atoms with E-state index in [9.17, 15) is 19.2 Å². The molecule has 0 radical (unpaired) electrons. The van der Waals surface area contributed by atoms with E-state index >= 15 is 0 Å². The van der Waals surface area contributed by atoms with Crippen molar-refractivity contribution in [3.8, 4) is 0 Å². The molecule has 2 aromatic carbocycles. The fourth-order valence-electron chi connectivity index (χ4n) is 5.25. The lowest BCUT2D eigenvalue weighted by Gasteiger charge is -2.38. The third-order valence-electron chi connectivity index (χ3n) is 7.35. The van der Waals surface area contributed by atoms with Crippen LogP contribution in [-0.2, 0) is 33.8 Å². The van der Waals surface area contributed by atoms with Crippen LogP contribution < -0.4 is 5.32 Å². The molecule has 0 bridgehead atoms. The molecule has 4 rings (SSSR count). The molecule has 1 saturated heterocycles. The van der Waals surface area contributed by atoms with Crippen LogP contribution in [0.25, 0.3) is 10.9 Å². The van der Waals surface area contributed by atoms with Crippen LogP contribution in [0.15, 0.2) is 59.6 Å². The zero-order chi connectivity index (χ0) is 28.1. The largest absolute Gasteiger partial charge is 0.348 e. The maximum atomic E-state index is 13.4. The number of hydrogen-bond donors (Lipinski definition) is 1. The minimum Gasteiger partial charge on any atom is -0.348 e. The van der Waals surface area contributed by atoms with Gasteiger partial charge in [0.1, 0.15) is 12.3 Å². The van der Waals surface area contributed by atoms with Crippen LogP contribution in [0.4, 0.5) is 0 Å². The van der Waals surface area contributed by atoms with Gasteiger partial charge in [0.2, 0.25) is 11.8 Å².